The Bertz CT molecular complexity index is 1090. The van der Waals surface area contributed by atoms with Crippen LogP contribution in [0.3, 0.4) is 0 Å². The molecule has 7 nitrogen and oxygen atoms in total. The van der Waals surface area contributed by atoms with E-state index in [1.807, 2.05) is 0 Å². The van der Waals surface area contributed by atoms with Gasteiger partial charge in [0.15, 0.2) is 0 Å². The van der Waals surface area contributed by atoms with Crippen molar-refractivity contribution in [3.8, 4) is 11.1 Å². The summed E-state index contributed by atoms with van der Waals surface area (Å²) in [7, 11) is -3.74. The molecule has 0 saturated heterocycles. The molecule has 3 aromatic rings. The predicted octanol–water partition coefficient (Wildman–Crippen LogP) is 2.92. The molecule has 8 heteroatoms. The van der Waals surface area contributed by atoms with Gasteiger partial charge in [-0.25, -0.2) is 8.42 Å². The zero-order valence-electron chi connectivity index (χ0n) is 11.6. The van der Waals surface area contributed by atoms with E-state index in [0.29, 0.717) is 16.5 Å². The van der Waals surface area contributed by atoms with Crippen LogP contribution in [0, 0.1) is 10.1 Å². The highest BCUT2D eigenvalue weighted by Crippen LogP contribution is 2.45. The molecule has 0 spiro atoms. The number of non-ortho nitro benzene ring substituents is 1. The standard InChI is InChI=1S/C15H9N3O4S/c19-18(20)12-8-11-9-4-1-2-6-13(9)23(21,22)17-15(11)14-10(12)5-3-7-16-14/h1-8,17H. The van der Waals surface area contributed by atoms with Gasteiger partial charge in [-0.2, -0.15) is 0 Å². The number of nitrogens with zero attached hydrogens (tertiary/aromatic N) is 2. The number of sulfonamides is 1. The first-order valence-corrected chi connectivity index (χ1v) is 8.16. The van der Waals surface area contributed by atoms with Crippen molar-refractivity contribution in [1.29, 1.82) is 0 Å². The Hall–Kier alpha value is -3.00. The van der Waals surface area contributed by atoms with Crippen LogP contribution in [-0.2, 0) is 10.0 Å². The number of pyridine rings is 1. The molecule has 1 aromatic heterocycles. The average molecular weight is 327 g/mol. The van der Waals surface area contributed by atoms with E-state index in [1.54, 1.807) is 30.3 Å². The van der Waals surface area contributed by atoms with Gasteiger partial charge in [0.1, 0.15) is 5.52 Å². The molecule has 0 unspecified atom stereocenters. The smallest absolute Gasteiger partial charge is 0.277 e. The average Bonchev–Trinajstić information content (AvgIpc) is 2.54. The second-order valence-corrected chi connectivity index (χ2v) is 6.73. The van der Waals surface area contributed by atoms with Crippen LogP contribution < -0.4 is 4.72 Å². The molecule has 114 valence electrons. The van der Waals surface area contributed by atoms with Gasteiger partial charge in [-0.1, -0.05) is 18.2 Å². The minimum atomic E-state index is -3.74. The molecule has 0 radical (unpaired) electrons. The number of rotatable bonds is 1. The molecule has 0 saturated carbocycles. The fourth-order valence-electron chi connectivity index (χ4n) is 2.81. The summed E-state index contributed by atoms with van der Waals surface area (Å²) < 4.78 is 27.3. The molecule has 0 fully saturated rings. The number of benzene rings is 2. The summed E-state index contributed by atoms with van der Waals surface area (Å²) in [5.41, 5.74) is 1.30. The van der Waals surface area contributed by atoms with Crippen molar-refractivity contribution in [2.45, 2.75) is 4.90 Å². The summed E-state index contributed by atoms with van der Waals surface area (Å²) in [5.74, 6) is 0. The fraction of sp³-hybridized carbons (Fsp3) is 0. The number of nitro groups is 1. The molecule has 1 N–H and O–H groups in total. The molecule has 23 heavy (non-hydrogen) atoms. The van der Waals surface area contributed by atoms with Crippen LogP contribution in [0.2, 0.25) is 0 Å². The van der Waals surface area contributed by atoms with Crippen LogP contribution in [0.4, 0.5) is 11.4 Å². The van der Waals surface area contributed by atoms with E-state index >= 15 is 0 Å². The van der Waals surface area contributed by atoms with Gasteiger partial charge in [0.2, 0.25) is 0 Å². The first-order valence-electron chi connectivity index (χ1n) is 6.67. The summed E-state index contributed by atoms with van der Waals surface area (Å²) in [6, 6.07) is 10.9. The Kier molecular flexibility index (Phi) is 2.67. The molecule has 0 atom stereocenters. The number of nitrogens with one attached hydrogen (secondary N) is 1. The van der Waals surface area contributed by atoms with Crippen LogP contribution in [0.5, 0.6) is 0 Å². The number of fused-ring (bicyclic) bond motifs is 5. The Labute approximate surface area is 130 Å². The number of hydrogen-bond acceptors (Lipinski definition) is 5. The number of nitro benzene ring substituents is 1. The maximum absolute atomic E-state index is 12.4. The lowest BCUT2D eigenvalue weighted by atomic mass is 9.99. The van der Waals surface area contributed by atoms with Gasteiger partial charge in [0.05, 0.1) is 20.9 Å². The quantitative estimate of drug-likeness (QED) is 0.547. The van der Waals surface area contributed by atoms with E-state index in [0.717, 1.165) is 0 Å². The second-order valence-electron chi connectivity index (χ2n) is 5.08. The van der Waals surface area contributed by atoms with Gasteiger partial charge in [0.25, 0.3) is 15.7 Å². The number of hydrogen-bond donors (Lipinski definition) is 1. The highest BCUT2D eigenvalue weighted by Gasteiger charge is 2.31. The number of aromatic nitrogens is 1. The van der Waals surface area contributed by atoms with Crippen LogP contribution in [-0.4, -0.2) is 18.3 Å². The van der Waals surface area contributed by atoms with Crippen LogP contribution >= 0.6 is 0 Å². The van der Waals surface area contributed by atoms with Crippen molar-refractivity contribution in [1.82, 2.24) is 4.98 Å². The van der Waals surface area contributed by atoms with Crippen molar-refractivity contribution in [3.05, 3.63) is 58.8 Å². The highest BCUT2D eigenvalue weighted by atomic mass is 32.2. The normalized spacial score (nSPS) is 14.6. The third-order valence-corrected chi connectivity index (χ3v) is 5.18. The summed E-state index contributed by atoms with van der Waals surface area (Å²) >= 11 is 0. The summed E-state index contributed by atoms with van der Waals surface area (Å²) in [6.45, 7) is 0. The van der Waals surface area contributed by atoms with Gasteiger partial charge < -0.3 is 0 Å². The molecule has 0 amide bonds. The first-order chi connectivity index (χ1) is 11.0. The molecule has 2 aromatic carbocycles. The van der Waals surface area contributed by atoms with Crippen molar-refractivity contribution in [2.24, 2.45) is 0 Å². The molecule has 0 bridgehead atoms. The maximum atomic E-state index is 12.4. The van der Waals surface area contributed by atoms with E-state index in [1.165, 1.54) is 18.3 Å². The Morgan fingerprint density at radius 2 is 1.87 bits per heavy atom. The monoisotopic (exact) mass is 327 g/mol. The van der Waals surface area contributed by atoms with Gasteiger partial charge in [-0.15, -0.1) is 0 Å². The van der Waals surface area contributed by atoms with Gasteiger partial charge in [0, 0.05) is 23.4 Å². The molecular weight excluding hydrogens is 318 g/mol. The van der Waals surface area contributed by atoms with Crippen LogP contribution in [0.15, 0.2) is 53.6 Å². The van der Waals surface area contributed by atoms with E-state index in [2.05, 4.69) is 9.71 Å². The third kappa shape index (κ3) is 1.88. The second kappa shape index (κ2) is 4.50. The SMILES string of the molecule is O=[N+]([O-])c1cc2c(c3ncccc13)NS(=O)(=O)c1ccccc1-2. The minimum absolute atomic E-state index is 0.0945. The highest BCUT2D eigenvalue weighted by molar-refractivity contribution is 7.93. The summed E-state index contributed by atoms with van der Waals surface area (Å²) in [4.78, 5) is 15.1. The fourth-order valence-corrected chi connectivity index (χ4v) is 4.12. The van der Waals surface area contributed by atoms with Gasteiger partial charge >= 0.3 is 0 Å². The number of anilines is 1. The molecule has 4 rings (SSSR count). The summed E-state index contributed by atoms with van der Waals surface area (Å²) in [5, 5.41) is 11.7. The lowest BCUT2D eigenvalue weighted by Crippen LogP contribution is -2.19. The van der Waals surface area contributed by atoms with Crippen molar-refractivity contribution < 1.29 is 13.3 Å². The first kappa shape index (κ1) is 13.6. The molecule has 2 heterocycles. The zero-order chi connectivity index (χ0) is 16.2. The molecular formula is C15H9N3O4S. The van der Waals surface area contributed by atoms with Crippen molar-refractivity contribution in [2.75, 3.05) is 4.72 Å². The van der Waals surface area contributed by atoms with Gasteiger partial charge in [-0.05, 0) is 18.2 Å². The van der Waals surface area contributed by atoms with E-state index in [9.17, 15) is 18.5 Å². The van der Waals surface area contributed by atoms with E-state index in [-0.39, 0.29) is 21.8 Å². The van der Waals surface area contributed by atoms with Crippen molar-refractivity contribution in [3.63, 3.8) is 0 Å². The minimum Gasteiger partial charge on any atom is -0.277 e. The lowest BCUT2D eigenvalue weighted by Gasteiger charge is -2.22. The molecule has 0 aliphatic carbocycles. The van der Waals surface area contributed by atoms with Crippen LogP contribution in [0.1, 0.15) is 0 Å². The topological polar surface area (TPSA) is 102 Å². The predicted molar refractivity (Wildman–Crippen MR) is 84.6 cm³/mol. The third-order valence-electron chi connectivity index (χ3n) is 3.77. The zero-order valence-corrected chi connectivity index (χ0v) is 12.4. The van der Waals surface area contributed by atoms with E-state index < -0.39 is 14.9 Å². The molecule has 1 aliphatic heterocycles. The Balaban J connectivity index is 2.21. The largest absolute Gasteiger partial charge is 0.279 e. The Morgan fingerprint density at radius 1 is 1.09 bits per heavy atom. The van der Waals surface area contributed by atoms with Crippen molar-refractivity contribution >= 4 is 32.3 Å². The van der Waals surface area contributed by atoms with E-state index in [4.69, 9.17) is 0 Å². The molecule has 1 aliphatic rings. The van der Waals surface area contributed by atoms with Crippen LogP contribution in [0.25, 0.3) is 22.0 Å². The maximum Gasteiger partial charge on any atom is 0.279 e. The van der Waals surface area contributed by atoms with Gasteiger partial charge in [-0.3, -0.25) is 19.8 Å². The lowest BCUT2D eigenvalue weighted by molar-refractivity contribution is -0.383. The summed E-state index contributed by atoms with van der Waals surface area (Å²) in [6.07, 6.45) is 1.47. The Morgan fingerprint density at radius 3 is 2.65 bits per heavy atom.